The molecule has 3 rings (SSSR count). The van der Waals surface area contributed by atoms with Gasteiger partial charge < -0.3 is 15.5 Å². The van der Waals surface area contributed by atoms with Gasteiger partial charge in [0, 0.05) is 25.3 Å². The Bertz CT molecular complexity index is 807. The van der Waals surface area contributed by atoms with Crippen LogP contribution in [0.15, 0.2) is 54.6 Å². The molecule has 5 nitrogen and oxygen atoms in total. The third kappa shape index (κ3) is 7.35. The summed E-state index contributed by atoms with van der Waals surface area (Å²) in [5, 5.41) is 5.73. The molecule has 29 heavy (non-hydrogen) atoms. The molecule has 1 aliphatic heterocycles. The number of nitrogens with zero attached hydrogens (tertiary/aromatic N) is 1. The van der Waals surface area contributed by atoms with E-state index < -0.39 is 0 Å². The molecule has 1 saturated heterocycles. The van der Waals surface area contributed by atoms with Crippen molar-refractivity contribution in [2.24, 2.45) is 5.92 Å². The fourth-order valence-corrected chi connectivity index (χ4v) is 3.85. The van der Waals surface area contributed by atoms with Crippen LogP contribution in [0.4, 0.5) is 5.69 Å². The van der Waals surface area contributed by atoms with Gasteiger partial charge in [-0.1, -0.05) is 42.5 Å². The average molecular weight is 394 g/mol. The Morgan fingerprint density at radius 2 is 1.90 bits per heavy atom. The molecule has 0 radical (unpaired) electrons. The topological polar surface area (TPSA) is 61.4 Å². The van der Waals surface area contributed by atoms with E-state index in [4.69, 9.17) is 0 Å². The van der Waals surface area contributed by atoms with Gasteiger partial charge in [-0.05, 0) is 61.9 Å². The van der Waals surface area contributed by atoms with E-state index in [2.05, 4.69) is 39.8 Å². The van der Waals surface area contributed by atoms with E-state index in [-0.39, 0.29) is 18.2 Å². The maximum atomic E-state index is 12.2. The minimum Gasteiger partial charge on any atom is -0.355 e. The van der Waals surface area contributed by atoms with Crippen molar-refractivity contribution in [1.29, 1.82) is 0 Å². The smallest absolute Gasteiger partial charge is 0.233 e. The molecule has 0 spiro atoms. The van der Waals surface area contributed by atoms with E-state index in [9.17, 15) is 9.59 Å². The van der Waals surface area contributed by atoms with Crippen LogP contribution in [0, 0.1) is 12.8 Å². The number of likely N-dealkylation sites (tertiary alicyclic amines) is 1. The van der Waals surface area contributed by atoms with E-state index in [1.165, 1.54) is 5.56 Å². The molecule has 2 N–H and O–H groups in total. The lowest BCUT2D eigenvalue weighted by molar-refractivity contribution is -0.127. The van der Waals surface area contributed by atoms with Crippen LogP contribution in [0.2, 0.25) is 0 Å². The molecule has 1 atom stereocenters. The highest BCUT2D eigenvalue weighted by Gasteiger charge is 2.20. The second-order valence-corrected chi connectivity index (χ2v) is 7.94. The lowest BCUT2D eigenvalue weighted by Crippen LogP contribution is -2.42. The Balaban J connectivity index is 1.36. The first kappa shape index (κ1) is 21.1. The summed E-state index contributed by atoms with van der Waals surface area (Å²) in [6, 6.07) is 18.1. The molecule has 0 aliphatic carbocycles. The Morgan fingerprint density at radius 3 is 2.69 bits per heavy atom. The monoisotopic (exact) mass is 393 g/mol. The molecule has 0 saturated carbocycles. The molecule has 0 aromatic heterocycles. The largest absolute Gasteiger partial charge is 0.355 e. The maximum absolute atomic E-state index is 12.2. The van der Waals surface area contributed by atoms with Crippen molar-refractivity contribution in [2.45, 2.75) is 32.6 Å². The number of aryl methyl sites for hydroxylation is 1. The number of rotatable bonds is 8. The summed E-state index contributed by atoms with van der Waals surface area (Å²) in [7, 11) is 0. The molecule has 1 heterocycles. The zero-order valence-electron chi connectivity index (χ0n) is 17.2. The fraction of sp³-hybridized carbons (Fsp3) is 0.417. The number of carbonyl (C=O) groups is 2. The van der Waals surface area contributed by atoms with Crippen molar-refractivity contribution in [3.05, 3.63) is 65.7 Å². The van der Waals surface area contributed by atoms with Gasteiger partial charge in [0.1, 0.15) is 6.42 Å². The van der Waals surface area contributed by atoms with Crippen LogP contribution in [0.5, 0.6) is 0 Å². The first-order valence-electron chi connectivity index (χ1n) is 10.5. The van der Waals surface area contributed by atoms with Crippen molar-refractivity contribution in [1.82, 2.24) is 10.2 Å². The number of anilines is 1. The molecule has 2 amide bonds. The molecular formula is C24H31N3O2. The van der Waals surface area contributed by atoms with Crippen LogP contribution in [0.25, 0.3) is 0 Å². The standard InChI is InChI=1S/C24H31N3O2/c1-19-7-5-11-22(15-19)26-24(29)16-23(28)25-17-21-10-6-13-27(18-21)14-12-20-8-3-2-4-9-20/h2-5,7-9,11,15,21H,6,10,12-14,16-18H2,1H3,(H,25,28)(H,26,29). The molecule has 0 bridgehead atoms. The van der Waals surface area contributed by atoms with Crippen molar-refractivity contribution in [3.63, 3.8) is 0 Å². The molecule has 2 aromatic rings. The first-order valence-corrected chi connectivity index (χ1v) is 10.5. The Kier molecular flexibility index (Phi) is 7.82. The quantitative estimate of drug-likeness (QED) is 0.676. The van der Waals surface area contributed by atoms with E-state index >= 15 is 0 Å². The van der Waals surface area contributed by atoms with Crippen LogP contribution in [0.1, 0.15) is 30.4 Å². The highest BCUT2D eigenvalue weighted by Crippen LogP contribution is 2.16. The lowest BCUT2D eigenvalue weighted by atomic mass is 9.97. The summed E-state index contributed by atoms with van der Waals surface area (Å²) < 4.78 is 0. The van der Waals surface area contributed by atoms with Crippen LogP contribution < -0.4 is 10.6 Å². The number of amides is 2. The number of hydrogen-bond acceptors (Lipinski definition) is 3. The van der Waals surface area contributed by atoms with E-state index in [0.29, 0.717) is 12.5 Å². The third-order valence-electron chi connectivity index (χ3n) is 5.37. The van der Waals surface area contributed by atoms with Crippen molar-refractivity contribution >= 4 is 17.5 Å². The Labute approximate surface area is 173 Å². The van der Waals surface area contributed by atoms with Gasteiger partial charge in [0.15, 0.2) is 0 Å². The van der Waals surface area contributed by atoms with Gasteiger partial charge in [0.05, 0.1) is 0 Å². The van der Waals surface area contributed by atoms with Gasteiger partial charge in [-0.25, -0.2) is 0 Å². The van der Waals surface area contributed by atoms with Crippen LogP contribution in [-0.4, -0.2) is 42.9 Å². The number of benzene rings is 2. The highest BCUT2D eigenvalue weighted by atomic mass is 16.2. The van der Waals surface area contributed by atoms with Gasteiger partial charge in [0.25, 0.3) is 0 Å². The molecule has 5 heteroatoms. The molecule has 2 aromatic carbocycles. The summed E-state index contributed by atoms with van der Waals surface area (Å²) in [6.45, 7) is 5.78. The van der Waals surface area contributed by atoms with Crippen LogP contribution in [-0.2, 0) is 16.0 Å². The van der Waals surface area contributed by atoms with Gasteiger partial charge in [-0.3, -0.25) is 9.59 Å². The third-order valence-corrected chi connectivity index (χ3v) is 5.37. The van der Waals surface area contributed by atoms with Gasteiger partial charge in [-0.15, -0.1) is 0 Å². The lowest BCUT2D eigenvalue weighted by Gasteiger charge is -2.32. The maximum Gasteiger partial charge on any atom is 0.233 e. The molecule has 1 fully saturated rings. The average Bonchev–Trinajstić information content (AvgIpc) is 2.72. The predicted octanol–water partition coefficient (Wildman–Crippen LogP) is 3.39. The summed E-state index contributed by atoms with van der Waals surface area (Å²) >= 11 is 0. The zero-order chi connectivity index (χ0) is 20.5. The molecular weight excluding hydrogens is 362 g/mol. The van der Waals surface area contributed by atoms with E-state index in [0.717, 1.165) is 50.1 Å². The summed E-state index contributed by atoms with van der Waals surface area (Å²) in [6.07, 6.45) is 3.19. The normalized spacial score (nSPS) is 16.9. The van der Waals surface area contributed by atoms with Gasteiger partial charge in [0.2, 0.25) is 11.8 Å². The minimum atomic E-state index is -0.277. The second-order valence-electron chi connectivity index (χ2n) is 7.94. The summed E-state index contributed by atoms with van der Waals surface area (Å²) in [4.78, 5) is 26.7. The Morgan fingerprint density at radius 1 is 1.07 bits per heavy atom. The molecule has 154 valence electrons. The van der Waals surface area contributed by atoms with Gasteiger partial charge in [-0.2, -0.15) is 0 Å². The van der Waals surface area contributed by atoms with Crippen molar-refractivity contribution in [2.75, 3.05) is 31.5 Å². The van der Waals surface area contributed by atoms with Crippen LogP contribution >= 0.6 is 0 Å². The highest BCUT2D eigenvalue weighted by molar-refractivity contribution is 6.03. The van der Waals surface area contributed by atoms with Crippen molar-refractivity contribution < 1.29 is 9.59 Å². The van der Waals surface area contributed by atoms with Gasteiger partial charge >= 0.3 is 0 Å². The first-order chi connectivity index (χ1) is 14.1. The van der Waals surface area contributed by atoms with Crippen LogP contribution in [0.3, 0.4) is 0 Å². The van der Waals surface area contributed by atoms with E-state index in [1.807, 2.05) is 37.3 Å². The number of nitrogens with one attached hydrogen (secondary N) is 2. The zero-order valence-corrected chi connectivity index (χ0v) is 17.2. The Hall–Kier alpha value is -2.66. The fourth-order valence-electron chi connectivity index (χ4n) is 3.85. The van der Waals surface area contributed by atoms with E-state index in [1.54, 1.807) is 0 Å². The number of piperidine rings is 1. The predicted molar refractivity (Wildman–Crippen MR) is 117 cm³/mol. The summed E-state index contributed by atoms with van der Waals surface area (Å²) in [5.74, 6) is -0.0406. The number of hydrogen-bond donors (Lipinski definition) is 2. The summed E-state index contributed by atoms with van der Waals surface area (Å²) in [5.41, 5.74) is 3.16. The minimum absolute atomic E-state index is 0.140. The van der Waals surface area contributed by atoms with Crippen molar-refractivity contribution in [3.8, 4) is 0 Å². The number of carbonyl (C=O) groups excluding carboxylic acids is 2. The molecule has 1 unspecified atom stereocenters. The molecule has 1 aliphatic rings. The SMILES string of the molecule is Cc1cccc(NC(=O)CC(=O)NCC2CCCN(CCc3ccccc3)C2)c1. The second kappa shape index (κ2) is 10.8.